The summed E-state index contributed by atoms with van der Waals surface area (Å²) >= 11 is 2.04. The van der Waals surface area contributed by atoms with E-state index in [0.717, 1.165) is 30.3 Å². The number of rotatable bonds is 6. The Morgan fingerprint density at radius 2 is 1.90 bits per heavy atom. The monoisotopic (exact) mass is 310 g/mol. The van der Waals surface area contributed by atoms with E-state index in [9.17, 15) is 0 Å². The summed E-state index contributed by atoms with van der Waals surface area (Å²) in [4.78, 5) is 11.6. The molecule has 2 rings (SSSR count). The third-order valence-corrected chi connectivity index (χ3v) is 4.58. The molecule has 0 saturated carbocycles. The standard InChI is InChI=1S/C14H26N6S/c1-10(2)12-17-13(11(3)14(18-12)19-15)16-4-5-20-6-8-21-9-7-20/h10H,4-9,15H2,1-3H3,(H2,16,17,18,19). The van der Waals surface area contributed by atoms with E-state index in [1.54, 1.807) is 0 Å². The summed E-state index contributed by atoms with van der Waals surface area (Å²) in [5.74, 6) is 10.7. The van der Waals surface area contributed by atoms with Crippen LogP contribution in [0.1, 0.15) is 31.2 Å². The number of nitrogens with zero attached hydrogens (tertiary/aromatic N) is 3. The minimum Gasteiger partial charge on any atom is -0.368 e. The van der Waals surface area contributed by atoms with Crippen molar-refractivity contribution >= 4 is 23.4 Å². The molecule has 4 N–H and O–H groups in total. The summed E-state index contributed by atoms with van der Waals surface area (Å²) in [6.45, 7) is 10.5. The number of thioether (sulfide) groups is 1. The van der Waals surface area contributed by atoms with Crippen LogP contribution >= 0.6 is 11.8 Å². The van der Waals surface area contributed by atoms with Crippen LogP contribution in [-0.2, 0) is 0 Å². The molecule has 1 saturated heterocycles. The summed E-state index contributed by atoms with van der Waals surface area (Å²) in [5.41, 5.74) is 3.64. The normalized spacial score (nSPS) is 16.2. The molecule has 0 radical (unpaired) electrons. The number of nitrogens with two attached hydrogens (primary N) is 1. The molecule has 118 valence electrons. The van der Waals surface area contributed by atoms with Crippen molar-refractivity contribution in [1.82, 2.24) is 14.9 Å². The maximum atomic E-state index is 5.56. The maximum absolute atomic E-state index is 5.56. The number of hydrogen-bond donors (Lipinski definition) is 3. The first-order chi connectivity index (χ1) is 10.1. The molecule has 1 aromatic rings. The highest BCUT2D eigenvalue weighted by atomic mass is 32.2. The van der Waals surface area contributed by atoms with Crippen LogP contribution in [0.25, 0.3) is 0 Å². The topological polar surface area (TPSA) is 79.1 Å². The number of nitrogen functional groups attached to an aromatic ring is 1. The number of hydrazine groups is 1. The zero-order valence-electron chi connectivity index (χ0n) is 13.1. The first kappa shape index (κ1) is 16.3. The second kappa shape index (κ2) is 7.82. The lowest BCUT2D eigenvalue weighted by molar-refractivity contribution is 0.314. The van der Waals surface area contributed by atoms with Crippen molar-refractivity contribution in [3.63, 3.8) is 0 Å². The maximum Gasteiger partial charge on any atom is 0.148 e. The first-order valence-corrected chi connectivity index (χ1v) is 8.66. The molecule has 1 aromatic heterocycles. The van der Waals surface area contributed by atoms with Gasteiger partial charge in [-0.15, -0.1) is 0 Å². The fraction of sp³-hybridized carbons (Fsp3) is 0.714. The van der Waals surface area contributed by atoms with Gasteiger partial charge in [-0.25, -0.2) is 15.8 Å². The smallest absolute Gasteiger partial charge is 0.148 e. The van der Waals surface area contributed by atoms with E-state index in [0.29, 0.717) is 5.82 Å². The second-order valence-electron chi connectivity index (χ2n) is 5.58. The van der Waals surface area contributed by atoms with Crippen molar-refractivity contribution in [1.29, 1.82) is 0 Å². The van der Waals surface area contributed by atoms with Gasteiger partial charge in [0.25, 0.3) is 0 Å². The van der Waals surface area contributed by atoms with Crippen LogP contribution in [0.2, 0.25) is 0 Å². The van der Waals surface area contributed by atoms with Gasteiger partial charge in [0.2, 0.25) is 0 Å². The molecule has 0 unspecified atom stereocenters. The van der Waals surface area contributed by atoms with Gasteiger partial charge in [-0.2, -0.15) is 11.8 Å². The Bertz CT molecular complexity index is 459. The second-order valence-corrected chi connectivity index (χ2v) is 6.81. The minimum atomic E-state index is 0.275. The molecule has 6 nitrogen and oxygen atoms in total. The van der Waals surface area contributed by atoms with Gasteiger partial charge in [-0.3, -0.25) is 4.90 Å². The minimum absolute atomic E-state index is 0.275. The Labute approximate surface area is 131 Å². The van der Waals surface area contributed by atoms with Crippen LogP contribution in [0.5, 0.6) is 0 Å². The van der Waals surface area contributed by atoms with Crippen molar-refractivity contribution in [2.75, 3.05) is 48.4 Å². The van der Waals surface area contributed by atoms with Gasteiger partial charge in [0.15, 0.2) is 0 Å². The lowest BCUT2D eigenvalue weighted by atomic mass is 10.2. The van der Waals surface area contributed by atoms with Gasteiger partial charge in [0.1, 0.15) is 17.5 Å². The molecule has 1 aliphatic heterocycles. The summed E-state index contributed by atoms with van der Waals surface area (Å²) in [5, 5.41) is 3.44. The van der Waals surface area contributed by atoms with Crippen LogP contribution in [-0.4, -0.2) is 52.6 Å². The molecular formula is C14H26N6S. The van der Waals surface area contributed by atoms with E-state index in [1.165, 1.54) is 24.6 Å². The van der Waals surface area contributed by atoms with E-state index in [4.69, 9.17) is 5.84 Å². The van der Waals surface area contributed by atoms with Crippen molar-refractivity contribution in [2.45, 2.75) is 26.7 Å². The molecule has 7 heteroatoms. The van der Waals surface area contributed by atoms with Crippen LogP contribution in [0.3, 0.4) is 0 Å². The van der Waals surface area contributed by atoms with Crippen LogP contribution in [0.4, 0.5) is 11.6 Å². The Morgan fingerprint density at radius 1 is 1.24 bits per heavy atom. The van der Waals surface area contributed by atoms with Gasteiger partial charge in [0, 0.05) is 49.2 Å². The predicted molar refractivity (Wildman–Crippen MR) is 90.9 cm³/mol. The van der Waals surface area contributed by atoms with E-state index in [-0.39, 0.29) is 5.92 Å². The van der Waals surface area contributed by atoms with E-state index >= 15 is 0 Å². The molecule has 0 spiro atoms. The SMILES string of the molecule is Cc1c(NN)nc(C(C)C)nc1NCCN1CCSCC1. The summed E-state index contributed by atoms with van der Waals surface area (Å²) in [6, 6.07) is 0. The van der Waals surface area contributed by atoms with E-state index in [2.05, 4.69) is 39.5 Å². The zero-order valence-corrected chi connectivity index (χ0v) is 14.0. The van der Waals surface area contributed by atoms with E-state index < -0.39 is 0 Å². The Kier molecular flexibility index (Phi) is 6.08. The van der Waals surface area contributed by atoms with Gasteiger partial charge >= 0.3 is 0 Å². The van der Waals surface area contributed by atoms with Crippen LogP contribution in [0, 0.1) is 6.92 Å². The lowest BCUT2D eigenvalue weighted by Gasteiger charge is -2.26. The molecule has 21 heavy (non-hydrogen) atoms. The van der Waals surface area contributed by atoms with Crippen molar-refractivity contribution < 1.29 is 0 Å². The van der Waals surface area contributed by atoms with Gasteiger partial charge in [-0.1, -0.05) is 13.8 Å². The Hall–Kier alpha value is -1.05. The molecule has 0 aliphatic carbocycles. The molecule has 0 bridgehead atoms. The molecule has 0 aromatic carbocycles. The van der Waals surface area contributed by atoms with Crippen LogP contribution < -0.4 is 16.6 Å². The number of aromatic nitrogens is 2. The first-order valence-electron chi connectivity index (χ1n) is 7.51. The highest BCUT2D eigenvalue weighted by Gasteiger charge is 2.13. The lowest BCUT2D eigenvalue weighted by Crippen LogP contribution is -2.36. The summed E-state index contributed by atoms with van der Waals surface area (Å²) in [6.07, 6.45) is 0. The predicted octanol–water partition coefficient (Wildman–Crippen LogP) is 1.65. The Morgan fingerprint density at radius 3 is 2.52 bits per heavy atom. The molecule has 1 fully saturated rings. The van der Waals surface area contributed by atoms with Crippen molar-refractivity contribution in [3.8, 4) is 0 Å². The number of nitrogens with one attached hydrogen (secondary N) is 2. The van der Waals surface area contributed by atoms with Gasteiger partial charge < -0.3 is 10.7 Å². The van der Waals surface area contributed by atoms with Gasteiger partial charge in [0.05, 0.1) is 0 Å². The quantitative estimate of drug-likeness (QED) is 0.544. The molecular weight excluding hydrogens is 284 g/mol. The number of anilines is 2. The van der Waals surface area contributed by atoms with E-state index in [1.807, 2.05) is 18.7 Å². The third kappa shape index (κ3) is 4.46. The fourth-order valence-electron chi connectivity index (χ4n) is 2.26. The number of hydrogen-bond acceptors (Lipinski definition) is 7. The third-order valence-electron chi connectivity index (χ3n) is 3.64. The fourth-order valence-corrected chi connectivity index (χ4v) is 3.24. The molecule has 1 aliphatic rings. The summed E-state index contributed by atoms with van der Waals surface area (Å²) in [7, 11) is 0. The van der Waals surface area contributed by atoms with Gasteiger partial charge in [-0.05, 0) is 6.92 Å². The Balaban J connectivity index is 1.99. The van der Waals surface area contributed by atoms with Crippen LogP contribution in [0.15, 0.2) is 0 Å². The summed E-state index contributed by atoms with van der Waals surface area (Å²) < 4.78 is 0. The highest BCUT2D eigenvalue weighted by molar-refractivity contribution is 7.99. The van der Waals surface area contributed by atoms with Crippen molar-refractivity contribution in [2.24, 2.45) is 5.84 Å². The highest BCUT2D eigenvalue weighted by Crippen LogP contribution is 2.22. The van der Waals surface area contributed by atoms with Crippen molar-refractivity contribution in [3.05, 3.63) is 11.4 Å². The average molecular weight is 310 g/mol. The largest absolute Gasteiger partial charge is 0.368 e. The molecule has 0 amide bonds. The molecule has 2 heterocycles. The average Bonchev–Trinajstić information content (AvgIpc) is 2.49. The zero-order chi connectivity index (χ0) is 15.2. The molecule has 0 atom stereocenters.